The lowest BCUT2D eigenvalue weighted by molar-refractivity contribution is -0.959. The van der Waals surface area contributed by atoms with Crippen LogP contribution in [0.3, 0.4) is 0 Å². The van der Waals surface area contributed by atoms with Crippen molar-refractivity contribution in [2.45, 2.75) is 37.8 Å². The number of quaternary nitrogens is 2. The van der Waals surface area contributed by atoms with E-state index in [-0.39, 0.29) is 5.56 Å². The van der Waals surface area contributed by atoms with Crippen molar-refractivity contribution < 1.29 is 9.80 Å². The molecule has 0 radical (unpaired) electrons. The van der Waals surface area contributed by atoms with E-state index in [9.17, 15) is 4.79 Å². The molecule has 120 valence electrons. The van der Waals surface area contributed by atoms with Crippen molar-refractivity contribution in [3.63, 3.8) is 0 Å². The molecule has 0 amide bonds. The molecule has 1 aromatic heterocycles. The monoisotopic (exact) mass is 304 g/mol. The van der Waals surface area contributed by atoms with E-state index < -0.39 is 0 Å². The number of nitrogens with one attached hydrogen (secondary N) is 2. The van der Waals surface area contributed by atoms with Gasteiger partial charge in [-0.2, -0.15) is 0 Å². The zero-order valence-electron chi connectivity index (χ0n) is 13.5. The molecule has 1 aromatic rings. The number of rotatable bonds is 1. The molecule has 5 nitrogen and oxygen atoms in total. The van der Waals surface area contributed by atoms with Crippen molar-refractivity contribution in [1.82, 2.24) is 4.57 Å². The third-order valence-corrected chi connectivity index (χ3v) is 6.19. The summed E-state index contributed by atoms with van der Waals surface area (Å²) in [7, 11) is 2.31. The maximum atomic E-state index is 12.3. The van der Waals surface area contributed by atoms with Gasteiger partial charge in [0.05, 0.1) is 45.0 Å². The number of anilines is 1. The summed E-state index contributed by atoms with van der Waals surface area (Å²) in [5, 5.41) is 0. The van der Waals surface area contributed by atoms with E-state index in [0.29, 0.717) is 17.5 Å². The average molecular weight is 304 g/mol. The second-order valence-corrected chi connectivity index (χ2v) is 7.73. The highest BCUT2D eigenvalue weighted by Gasteiger charge is 2.41. The van der Waals surface area contributed by atoms with Gasteiger partial charge in [-0.1, -0.05) is 0 Å². The molecule has 3 aliphatic heterocycles. The smallest absolute Gasteiger partial charge is 0.273 e. The fourth-order valence-electron chi connectivity index (χ4n) is 4.97. The molecule has 4 N–H and O–H groups in total. The zero-order valence-corrected chi connectivity index (χ0v) is 13.5. The first-order chi connectivity index (χ1) is 10.6. The van der Waals surface area contributed by atoms with Gasteiger partial charge in [-0.25, -0.2) is 0 Å². The molecule has 0 spiro atoms. The summed E-state index contributed by atoms with van der Waals surface area (Å²) >= 11 is 0. The van der Waals surface area contributed by atoms with Crippen LogP contribution < -0.4 is 21.1 Å². The van der Waals surface area contributed by atoms with E-state index in [1.165, 1.54) is 51.1 Å². The van der Waals surface area contributed by atoms with Crippen LogP contribution in [0.2, 0.25) is 0 Å². The van der Waals surface area contributed by atoms with Gasteiger partial charge in [0.2, 0.25) is 0 Å². The Kier molecular flexibility index (Phi) is 3.50. The molecular weight excluding hydrogens is 276 g/mol. The van der Waals surface area contributed by atoms with Gasteiger partial charge in [-0.05, 0) is 18.6 Å². The van der Waals surface area contributed by atoms with Crippen LogP contribution in [0.25, 0.3) is 0 Å². The lowest BCUT2D eigenvalue weighted by atomic mass is 9.82. The average Bonchev–Trinajstić information content (AvgIpc) is 2.52. The largest absolute Gasteiger partial charge is 0.394 e. The molecule has 0 aliphatic carbocycles. The lowest BCUT2D eigenvalue weighted by Crippen LogP contribution is -3.21. The van der Waals surface area contributed by atoms with Crippen LogP contribution in [0.15, 0.2) is 16.9 Å². The highest BCUT2D eigenvalue weighted by molar-refractivity contribution is 5.37. The molecule has 1 unspecified atom stereocenters. The van der Waals surface area contributed by atoms with Crippen LogP contribution in [-0.2, 0) is 6.54 Å². The minimum atomic E-state index is 0.0264. The van der Waals surface area contributed by atoms with Crippen LogP contribution in [0.5, 0.6) is 0 Å². The Morgan fingerprint density at radius 1 is 1.23 bits per heavy atom. The first-order valence-electron chi connectivity index (χ1n) is 8.77. The van der Waals surface area contributed by atoms with Crippen LogP contribution in [0.4, 0.5) is 5.69 Å². The van der Waals surface area contributed by atoms with Crippen LogP contribution in [-0.4, -0.2) is 43.8 Å². The van der Waals surface area contributed by atoms with Gasteiger partial charge in [-0.3, -0.25) is 4.79 Å². The fraction of sp³-hybridized carbons (Fsp3) is 0.706. The highest BCUT2D eigenvalue weighted by Crippen LogP contribution is 2.30. The molecule has 2 fully saturated rings. The Labute approximate surface area is 131 Å². The van der Waals surface area contributed by atoms with Crippen LogP contribution in [0.1, 0.15) is 30.9 Å². The Morgan fingerprint density at radius 3 is 2.77 bits per heavy atom. The summed E-state index contributed by atoms with van der Waals surface area (Å²) in [6.07, 6.45) is 3.97. The van der Waals surface area contributed by atoms with Gasteiger partial charge in [0, 0.05) is 36.9 Å². The minimum Gasteiger partial charge on any atom is -0.394 e. The third-order valence-electron chi connectivity index (χ3n) is 6.19. The minimum absolute atomic E-state index is 0.0264. The summed E-state index contributed by atoms with van der Waals surface area (Å²) in [6, 6.07) is 4.74. The van der Waals surface area contributed by atoms with Gasteiger partial charge < -0.3 is 20.1 Å². The highest BCUT2D eigenvalue weighted by atomic mass is 16.1. The summed E-state index contributed by atoms with van der Waals surface area (Å²) in [4.78, 5) is 15.8. The molecule has 3 atom stereocenters. The topological polar surface area (TPSA) is 56.9 Å². The number of piperidine rings is 2. The summed E-state index contributed by atoms with van der Waals surface area (Å²) in [6.45, 7) is 5.94. The van der Waals surface area contributed by atoms with E-state index in [0.717, 1.165) is 12.6 Å². The van der Waals surface area contributed by atoms with Crippen molar-refractivity contribution in [3.8, 4) is 0 Å². The molecule has 22 heavy (non-hydrogen) atoms. The molecule has 2 bridgehead atoms. The Balaban J connectivity index is 1.57. The normalized spacial score (nSPS) is 37.6. The first-order valence-corrected chi connectivity index (χ1v) is 8.77. The molecule has 3 aliphatic rings. The number of aromatic nitrogens is 1. The Bertz CT molecular complexity index is 618. The molecule has 4 rings (SSSR count). The third kappa shape index (κ3) is 2.36. The van der Waals surface area contributed by atoms with Gasteiger partial charge in [-0.15, -0.1) is 0 Å². The van der Waals surface area contributed by atoms with Gasteiger partial charge in [0.25, 0.3) is 5.56 Å². The molecule has 4 heterocycles. The SMILES string of the molecule is C[NH+]1CCC([NH+]2C[C@@H]3C[C@H](C2)c2ccc(N)c(=O)n2C3)CC1. The second kappa shape index (κ2) is 5.39. The standard InChI is InChI=1S/C17H26N4O/c1-19-6-4-14(5-7-19)20-9-12-8-13(11-20)16-3-2-15(18)17(22)21(16)10-12/h2-3,12-14H,4-11,18H2,1H3/p+2/t12-,13+/m0/s1. The van der Waals surface area contributed by atoms with E-state index in [1.807, 2.05) is 10.6 Å². The molecule has 0 saturated carbocycles. The van der Waals surface area contributed by atoms with Gasteiger partial charge in [0.1, 0.15) is 0 Å². The number of pyridine rings is 1. The number of fused-ring (bicyclic) bond motifs is 4. The number of hydrogen-bond donors (Lipinski definition) is 3. The summed E-state index contributed by atoms with van der Waals surface area (Å²) < 4.78 is 1.96. The molecule has 5 heteroatoms. The van der Waals surface area contributed by atoms with E-state index in [4.69, 9.17) is 5.73 Å². The first kappa shape index (κ1) is 14.3. The van der Waals surface area contributed by atoms with Gasteiger partial charge >= 0.3 is 0 Å². The fourth-order valence-corrected chi connectivity index (χ4v) is 4.97. The van der Waals surface area contributed by atoms with E-state index >= 15 is 0 Å². The zero-order chi connectivity index (χ0) is 15.3. The van der Waals surface area contributed by atoms with Crippen molar-refractivity contribution in [1.29, 1.82) is 0 Å². The van der Waals surface area contributed by atoms with E-state index in [1.54, 1.807) is 9.80 Å². The maximum Gasteiger partial charge on any atom is 0.273 e. The predicted octanol–water partition coefficient (Wildman–Crippen LogP) is -1.89. The summed E-state index contributed by atoms with van der Waals surface area (Å²) in [5.41, 5.74) is 7.46. The number of hydrogen-bond acceptors (Lipinski definition) is 2. The number of nitrogens with zero attached hydrogens (tertiary/aromatic N) is 1. The van der Waals surface area contributed by atoms with Gasteiger partial charge in [0.15, 0.2) is 0 Å². The Morgan fingerprint density at radius 2 is 2.00 bits per heavy atom. The molecule has 2 saturated heterocycles. The summed E-state index contributed by atoms with van der Waals surface area (Å²) in [5.74, 6) is 1.19. The number of nitrogen functional groups attached to an aromatic ring is 1. The van der Waals surface area contributed by atoms with Crippen LogP contribution >= 0.6 is 0 Å². The number of likely N-dealkylation sites (tertiary alicyclic amines) is 2. The number of nitrogens with two attached hydrogens (primary N) is 1. The predicted molar refractivity (Wildman–Crippen MR) is 86.3 cm³/mol. The second-order valence-electron chi connectivity index (χ2n) is 7.73. The van der Waals surface area contributed by atoms with Crippen molar-refractivity contribution >= 4 is 5.69 Å². The quantitative estimate of drug-likeness (QED) is 0.568. The maximum absolute atomic E-state index is 12.3. The lowest BCUT2D eigenvalue weighted by Gasteiger charge is -2.44. The van der Waals surface area contributed by atoms with Crippen molar-refractivity contribution in [2.75, 3.05) is 39.0 Å². The van der Waals surface area contributed by atoms with Crippen molar-refractivity contribution in [3.05, 3.63) is 28.2 Å². The van der Waals surface area contributed by atoms with Crippen LogP contribution in [0, 0.1) is 5.92 Å². The van der Waals surface area contributed by atoms with E-state index in [2.05, 4.69) is 13.1 Å². The molecule has 0 aromatic carbocycles. The molecular formula is C17H28N4O+2. The Hall–Kier alpha value is -1.33. The van der Waals surface area contributed by atoms with Crippen molar-refractivity contribution in [2.24, 2.45) is 5.92 Å².